The molecule has 1 heterocycles. The van der Waals surface area contributed by atoms with Crippen molar-refractivity contribution in [3.63, 3.8) is 0 Å². The van der Waals surface area contributed by atoms with E-state index in [1.54, 1.807) is 6.20 Å². The Morgan fingerprint density at radius 2 is 1.95 bits per heavy atom. The molecule has 0 spiro atoms. The van der Waals surface area contributed by atoms with E-state index in [9.17, 15) is 8.78 Å². The van der Waals surface area contributed by atoms with Crippen molar-refractivity contribution in [1.82, 2.24) is 10.4 Å². The summed E-state index contributed by atoms with van der Waals surface area (Å²) in [6.07, 6.45) is 3.32. The van der Waals surface area contributed by atoms with Crippen LogP contribution in [0.2, 0.25) is 0 Å². The van der Waals surface area contributed by atoms with Crippen molar-refractivity contribution in [3.05, 3.63) is 65.0 Å². The topological polar surface area (TPSA) is 50.9 Å². The van der Waals surface area contributed by atoms with Gasteiger partial charge in [-0.1, -0.05) is 12.1 Å². The number of nitrogens with two attached hydrogens (primary N) is 1. The summed E-state index contributed by atoms with van der Waals surface area (Å²) in [4.78, 5) is 4.35. The maximum absolute atomic E-state index is 14.0. The molecule has 2 unspecified atom stereocenters. The van der Waals surface area contributed by atoms with Gasteiger partial charge in [0.25, 0.3) is 0 Å². The summed E-state index contributed by atoms with van der Waals surface area (Å²) in [5.41, 5.74) is 4.54. The van der Waals surface area contributed by atoms with Crippen LogP contribution in [0.15, 0.2) is 36.5 Å². The van der Waals surface area contributed by atoms with E-state index in [4.69, 9.17) is 5.84 Å². The highest BCUT2D eigenvalue weighted by atomic mass is 19.1. The van der Waals surface area contributed by atoms with Gasteiger partial charge in [-0.25, -0.2) is 8.78 Å². The fourth-order valence-electron chi connectivity index (χ4n) is 2.98. The highest BCUT2D eigenvalue weighted by Gasteiger charge is 2.34. The molecule has 0 saturated heterocycles. The minimum atomic E-state index is -0.618. The van der Waals surface area contributed by atoms with E-state index in [1.807, 2.05) is 12.1 Å². The van der Waals surface area contributed by atoms with E-state index in [2.05, 4.69) is 10.4 Å². The van der Waals surface area contributed by atoms with Crippen LogP contribution in [-0.2, 0) is 6.42 Å². The second-order valence-corrected chi connectivity index (χ2v) is 4.97. The molecule has 1 aromatic carbocycles. The molecule has 0 bridgehead atoms. The number of halogens is 2. The fraction of sp³-hybridized carbons (Fsp3) is 0.267. The van der Waals surface area contributed by atoms with Crippen LogP contribution in [0, 0.1) is 11.6 Å². The Bertz CT molecular complexity index is 610. The van der Waals surface area contributed by atoms with E-state index in [1.165, 1.54) is 18.2 Å². The number of benzene rings is 1. The van der Waals surface area contributed by atoms with Gasteiger partial charge in [-0.05, 0) is 36.6 Å². The number of fused-ring (bicyclic) bond motifs is 1. The Morgan fingerprint density at radius 1 is 1.20 bits per heavy atom. The van der Waals surface area contributed by atoms with Gasteiger partial charge in [-0.15, -0.1) is 0 Å². The predicted octanol–water partition coefficient (Wildman–Crippen LogP) is 2.59. The minimum absolute atomic E-state index is 0.0153. The molecule has 5 heteroatoms. The number of aromatic nitrogens is 1. The molecule has 1 aliphatic rings. The molecule has 0 amide bonds. The van der Waals surface area contributed by atoms with Crippen LogP contribution in [0.25, 0.3) is 0 Å². The average Bonchev–Trinajstić information content (AvgIpc) is 2.87. The molecular weight excluding hydrogens is 260 g/mol. The van der Waals surface area contributed by atoms with Gasteiger partial charge in [0, 0.05) is 23.4 Å². The van der Waals surface area contributed by atoms with Crippen molar-refractivity contribution in [3.8, 4) is 0 Å². The van der Waals surface area contributed by atoms with Gasteiger partial charge in [0.2, 0.25) is 0 Å². The molecule has 3 N–H and O–H groups in total. The lowest BCUT2D eigenvalue weighted by Gasteiger charge is -2.24. The Morgan fingerprint density at radius 3 is 2.65 bits per heavy atom. The Labute approximate surface area is 115 Å². The third-order valence-electron chi connectivity index (χ3n) is 3.89. The van der Waals surface area contributed by atoms with Gasteiger partial charge >= 0.3 is 0 Å². The van der Waals surface area contributed by atoms with Gasteiger partial charge in [0.15, 0.2) is 0 Å². The maximum Gasteiger partial charge on any atom is 0.130 e. The monoisotopic (exact) mass is 275 g/mol. The molecule has 0 saturated carbocycles. The molecule has 20 heavy (non-hydrogen) atoms. The normalized spacial score (nSPS) is 18.9. The van der Waals surface area contributed by atoms with Crippen molar-refractivity contribution < 1.29 is 8.78 Å². The zero-order valence-electron chi connectivity index (χ0n) is 10.8. The molecule has 104 valence electrons. The lowest BCUT2D eigenvalue weighted by molar-refractivity contribution is 0.408. The van der Waals surface area contributed by atoms with Crippen molar-refractivity contribution in [2.24, 2.45) is 5.84 Å². The number of hydrazine groups is 1. The minimum Gasteiger partial charge on any atom is -0.271 e. The third-order valence-corrected chi connectivity index (χ3v) is 3.89. The standard InChI is InChI=1S/C15H15F2N3/c16-11-4-1-5-12(17)13(11)15(20-18)10-7-6-9-3-2-8-19-14(9)10/h1-5,8,10,15,20H,6-7,18H2. The average molecular weight is 275 g/mol. The molecule has 1 aromatic heterocycles. The molecular formula is C15H15F2N3. The molecule has 2 atom stereocenters. The Kier molecular flexibility index (Phi) is 3.46. The summed E-state index contributed by atoms with van der Waals surface area (Å²) in [6, 6.07) is 7.09. The highest BCUT2D eigenvalue weighted by Crippen LogP contribution is 2.41. The van der Waals surface area contributed by atoms with E-state index < -0.39 is 17.7 Å². The number of pyridine rings is 1. The van der Waals surface area contributed by atoms with Gasteiger partial charge in [0.05, 0.1) is 6.04 Å². The van der Waals surface area contributed by atoms with E-state index in [0.29, 0.717) is 0 Å². The molecule has 3 rings (SSSR count). The van der Waals surface area contributed by atoms with Crippen LogP contribution < -0.4 is 11.3 Å². The van der Waals surface area contributed by atoms with Crippen LogP contribution in [0.4, 0.5) is 8.78 Å². The molecule has 0 radical (unpaired) electrons. The first-order valence-electron chi connectivity index (χ1n) is 6.56. The van der Waals surface area contributed by atoms with Crippen LogP contribution in [0.3, 0.4) is 0 Å². The van der Waals surface area contributed by atoms with E-state index in [-0.39, 0.29) is 11.5 Å². The highest BCUT2D eigenvalue weighted by molar-refractivity contribution is 5.34. The zero-order valence-corrected chi connectivity index (χ0v) is 10.8. The molecule has 1 aliphatic carbocycles. The molecule has 3 nitrogen and oxygen atoms in total. The van der Waals surface area contributed by atoms with Gasteiger partial charge < -0.3 is 0 Å². The number of nitrogens with zero attached hydrogens (tertiary/aromatic N) is 1. The molecule has 0 aliphatic heterocycles. The van der Waals surface area contributed by atoms with E-state index in [0.717, 1.165) is 24.1 Å². The first-order chi connectivity index (χ1) is 9.72. The smallest absolute Gasteiger partial charge is 0.130 e. The van der Waals surface area contributed by atoms with Gasteiger partial charge in [0.1, 0.15) is 11.6 Å². The summed E-state index contributed by atoms with van der Waals surface area (Å²) in [7, 11) is 0. The number of aryl methyl sites for hydroxylation is 1. The van der Waals surface area contributed by atoms with Crippen LogP contribution in [0.5, 0.6) is 0 Å². The SMILES string of the molecule is NNC(c1c(F)cccc1F)C1CCc2cccnc21. The van der Waals surface area contributed by atoms with Gasteiger partial charge in [-0.2, -0.15) is 0 Å². The number of hydrogen-bond donors (Lipinski definition) is 2. The molecule has 2 aromatic rings. The zero-order chi connectivity index (χ0) is 14.1. The van der Waals surface area contributed by atoms with Crippen molar-refractivity contribution in [1.29, 1.82) is 0 Å². The van der Waals surface area contributed by atoms with Crippen molar-refractivity contribution in [2.45, 2.75) is 24.8 Å². The first kappa shape index (κ1) is 13.1. The largest absolute Gasteiger partial charge is 0.271 e. The fourth-order valence-corrected chi connectivity index (χ4v) is 2.98. The second-order valence-electron chi connectivity index (χ2n) is 4.97. The predicted molar refractivity (Wildman–Crippen MR) is 71.7 cm³/mol. The summed E-state index contributed by atoms with van der Waals surface area (Å²) in [6.45, 7) is 0. The lowest BCUT2D eigenvalue weighted by atomic mass is 9.90. The Hall–Kier alpha value is -1.85. The second kappa shape index (κ2) is 5.26. The van der Waals surface area contributed by atoms with Crippen LogP contribution >= 0.6 is 0 Å². The number of rotatable bonds is 3. The summed E-state index contributed by atoms with van der Waals surface area (Å²) in [5.74, 6) is 4.27. The van der Waals surface area contributed by atoms with Gasteiger partial charge in [-0.3, -0.25) is 16.3 Å². The number of hydrogen-bond acceptors (Lipinski definition) is 3. The summed E-state index contributed by atoms with van der Waals surface area (Å²) >= 11 is 0. The van der Waals surface area contributed by atoms with Crippen molar-refractivity contribution >= 4 is 0 Å². The Balaban J connectivity index is 2.04. The van der Waals surface area contributed by atoms with Crippen LogP contribution in [0.1, 0.15) is 35.2 Å². The number of nitrogens with one attached hydrogen (secondary N) is 1. The summed E-state index contributed by atoms with van der Waals surface area (Å²) < 4.78 is 27.9. The quantitative estimate of drug-likeness (QED) is 0.668. The van der Waals surface area contributed by atoms with E-state index >= 15 is 0 Å². The lowest BCUT2D eigenvalue weighted by Crippen LogP contribution is -2.33. The van der Waals surface area contributed by atoms with Crippen LogP contribution in [-0.4, -0.2) is 4.98 Å². The first-order valence-corrected chi connectivity index (χ1v) is 6.56. The summed E-state index contributed by atoms with van der Waals surface area (Å²) in [5, 5.41) is 0. The third kappa shape index (κ3) is 2.09. The molecule has 0 fully saturated rings. The maximum atomic E-state index is 14.0. The van der Waals surface area contributed by atoms with Crippen molar-refractivity contribution in [2.75, 3.05) is 0 Å².